The summed E-state index contributed by atoms with van der Waals surface area (Å²) in [6.07, 6.45) is 0. The highest BCUT2D eigenvalue weighted by atomic mass is 19.2. The third kappa shape index (κ3) is 3.34. The normalized spacial score (nSPS) is 10.5. The first kappa shape index (κ1) is 14.9. The van der Waals surface area contributed by atoms with Crippen molar-refractivity contribution in [3.05, 3.63) is 68.8 Å². The number of aryl methyl sites for hydroxylation is 2. The largest absolute Gasteiger partial charge is 0.381 e. The smallest absolute Gasteiger partial charge is 0.274 e. The molecular formula is C15H14F2N2O2. The highest BCUT2D eigenvalue weighted by molar-refractivity contribution is 5.60. The molecule has 2 rings (SSSR count). The van der Waals surface area contributed by atoms with Crippen LogP contribution in [0.2, 0.25) is 0 Å². The number of nitro benzene ring substituents is 1. The summed E-state index contributed by atoms with van der Waals surface area (Å²) in [5.41, 5.74) is 2.60. The van der Waals surface area contributed by atoms with E-state index < -0.39 is 16.6 Å². The number of hydrogen-bond donors (Lipinski definition) is 1. The van der Waals surface area contributed by atoms with Gasteiger partial charge in [0.25, 0.3) is 5.69 Å². The van der Waals surface area contributed by atoms with E-state index in [1.165, 1.54) is 12.1 Å². The minimum atomic E-state index is -0.916. The van der Waals surface area contributed by atoms with Crippen molar-refractivity contribution in [1.29, 1.82) is 0 Å². The predicted octanol–water partition coefficient (Wildman–Crippen LogP) is 4.10. The van der Waals surface area contributed by atoms with Crippen molar-refractivity contribution in [2.45, 2.75) is 20.4 Å². The summed E-state index contributed by atoms with van der Waals surface area (Å²) in [5, 5.41) is 13.9. The first-order valence-corrected chi connectivity index (χ1v) is 6.32. The van der Waals surface area contributed by atoms with Crippen molar-refractivity contribution < 1.29 is 13.7 Å². The van der Waals surface area contributed by atoms with Crippen LogP contribution < -0.4 is 5.32 Å². The van der Waals surface area contributed by atoms with Crippen LogP contribution >= 0.6 is 0 Å². The molecule has 0 radical (unpaired) electrons. The molecule has 0 aliphatic heterocycles. The van der Waals surface area contributed by atoms with Gasteiger partial charge in [-0.15, -0.1) is 0 Å². The van der Waals surface area contributed by atoms with Crippen LogP contribution in [0.5, 0.6) is 0 Å². The highest BCUT2D eigenvalue weighted by Crippen LogP contribution is 2.26. The van der Waals surface area contributed by atoms with Crippen LogP contribution in [0.3, 0.4) is 0 Å². The number of rotatable bonds is 4. The second-order valence-electron chi connectivity index (χ2n) is 4.81. The third-order valence-corrected chi connectivity index (χ3v) is 3.21. The van der Waals surface area contributed by atoms with Crippen LogP contribution in [-0.2, 0) is 6.54 Å². The van der Waals surface area contributed by atoms with Crippen molar-refractivity contribution in [3.8, 4) is 0 Å². The number of benzene rings is 2. The molecule has 0 saturated heterocycles. The first-order valence-electron chi connectivity index (χ1n) is 6.32. The lowest BCUT2D eigenvalue weighted by molar-refractivity contribution is -0.385. The Labute approximate surface area is 120 Å². The Morgan fingerprint density at radius 3 is 2.43 bits per heavy atom. The number of halogens is 2. The van der Waals surface area contributed by atoms with Gasteiger partial charge in [0, 0.05) is 23.9 Å². The van der Waals surface area contributed by atoms with Gasteiger partial charge in [0.2, 0.25) is 0 Å². The number of nitro groups is 1. The average Bonchev–Trinajstić information content (AvgIpc) is 2.41. The maximum Gasteiger partial charge on any atom is 0.274 e. The first-order chi connectivity index (χ1) is 9.88. The molecule has 2 aromatic rings. The average molecular weight is 292 g/mol. The topological polar surface area (TPSA) is 55.2 Å². The van der Waals surface area contributed by atoms with E-state index in [0.717, 1.165) is 17.7 Å². The van der Waals surface area contributed by atoms with Crippen LogP contribution in [0.1, 0.15) is 16.7 Å². The third-order valence-electron chi connectivity index (χ3n) is 3.21. The quantitative estimate of drug-likeness (QED) is 0.681. The van der Waals surface area contributed by atoms with Crippen molar-refractivity contribution in [2.24, 2.45) is 0 Å². The van der Waals surface area contributed by atoms with Crippen molar-refractivity contribution in [1.82, 2.24) is 0 Å². The molecule has 0 unspecified atom stereocenters. The van der Waals surface area contributed by atoms with Gasteiger partial charge in [0.1, 0.15) is 0 Å². The summed E-state index contributed by atoms with van der Waals surface area (Å²) in [7, 11) is 0. The van der Waals surface area contributed by atoms with E-state index in [0.29, 0.717) is 16.8 Å². The molecular weight excluding hydrogens is 278 g/mol. The molecule has 6 heteroatoms. The van der Waals surface area contributed by atoms with Crippen LogP contribution in [0.4, 0.5) is 20.2 Å². The summed E-state index contributed by atoms with van der Waals surface area (Å²) in [5.74, 6) is -1.82. The van der Waals surface area contributed by atoms with E-state index >= 15 is 0 Å². The van der Waals surface area contributed by atoms with Gasteiger partial charge in [-0.05, 0) is 43.2 Å². The number of nitrogens with zero attached hydrogens (tertiary/aromatic N) is 1. The van der Waals surface area contributed by atoms with Crippen molar-refractivity contribution in [3.63, 3.8) is 0 Å². The van der Waals surface area contributed by atoms with Gasteiger partial charge >= 0.3 is 0 Å². The van der Waals surface area contributed by atoms with Crippen LogP contribution in [0.25, 0.3) is 0 Å². The van der Waals surface area contributed by atoms with E-state index in [1.54, 1.807) is 13.0 Å². The van der Waals surface area contributed by atoms with Crippen LogP contribution in [0.15, 0.2) is 30.3 Å². The molecule has 0 amide bonds. The van der Waals surface area contributed by atoms with Gasteiger partial charge in [-0.3, -0.25) is 10.1 Å². The lowest BCUT2D eigenvalue weighted by Gasteiger charge is -2.11. The molecule has 110 valence electrons. The Morgan fingerprint density at radius 2 is 1.81 bits per heavy atom. The summed E-state index contributed by atoms with van der Waals surface area (Å²) >= 11 is 0. The Morgan fingerprint density at radius 1 is 1.10 bits per heavy atom. The van der Waals surface area contributed by atoms with E-state index in [9.17, 15) is 18.9 Å². The fourth-order valence-electron chi connectivity index (χ4n) is 2.07. The molecule has 0 aliphatic rings. The van der Waals surface area contributed by atoms with Gasteiger partial charge in [-0.2, -0.15) is 0 Å². The molecule has 0 bridgehead atoms. The number of anilines is 1. The molecule has 0 aliphatic carbocycles. The summed E-state index contributed by atoms with van der Waals surface area (Å²) < 4.78 is 26.0. The van der Waals surface area contributed by atoms with Gasteiger partial charge in [-0.25, -0.2) is 8.78 Å². The van der Waals surface area contributed by atoms with Gasteiger partial charge in [-0.1, -0.05) is 6.07 Å². The zero-order chi connectivity index (χ0) is 15.6. The molecule has 21 heavy (non-hydrogen) atoms. The minimum Gasteiger partial charge on any atom is -0.381 e. The van der Waals surface area contributed by atoms with Crippen LogP contribution in [-0.4, -0.2) is 4.92 Å². The number of nitrogens with one attached hydrogen (secondary N) is 1. The monoisotopic (exact) mass is 292 g/mol. The van der Waals surface area contributed by atoms with E-state index in [1.807, 2.05) is 6.92 Å². The molecule has 0 atom stereocenters. The molecule has 0 spiro atoms. The highest BCUT2D eigenvalue weighted by Gasteiger charge is 2.13. The molecule has 0 saturated carbocycles. The van der Waals surface area contributed by atoms with Gasteiger partial charge in [0.05, 0.1) is 4.92 Å². The Hall–Kier alpha value is -2.50. The zero-order valence-electron chi connectivity index (χ0n) is 11.6. The van der Waals surface area contributed by atoms with Crippen molar-refractivity contribution in [2.75, 3.05) is 5.32 Å². The molecule has 0 aromatic heterocycles. The lowest BCUT2D eigenvalue weighted by Crippen LogP contribution is -2.03. The molecule has 0 fully saturated rings. The Balaban J connectivity index is 2.21. The number of hydrogen-bond acceptors (Lipinski definition) is 3. The summed E-state index contributed by atoms with van der Waals surface area (Å²) in [6, 6.07) is 6.77. The van der Waals surface area contributed by atoms with Gasteiger partial charge < -0.3 is 5.32 Å². The fraction of sp³-hybridized carbons (Fsp3) is 0.200. The maximum absolute atomic E-state index is 13.1. The van der Waals surface area contributed by atoms with Gasteiger partial charge in [0.15, 0.2) is 11.6 Å². The maximum atomic E-state index is 13.1. The Kier molecular flexibility index (Phi) is 4.16. The van der Waals surface area contributed by atoms with Crippen molar-refractivity contribution >= 4 is 11.4 Å². The van der Waals surface area contributed by atoms with E-state index in [4.69, 9.17) is 0 Å². The van der Waals surface area contributed by atoms with E-state index in [-0.39, 0.29) is 12.2 Å². The van der Waals surface area contributed by atoms with E-state index in [2.05, 4.69) is 5.32 Å². The Bertz CT molecular complexity index is 702. The summed E-state index contributed by atoms with van der Waals surface area (Å²) in [4.78, 5) is 10.5. The standard InChI is InChI=1S/C15H14F2N2O2/c1-9-5-10(2)15(19(20)21)7-14(9)18-8-11-3-4-12(16)13(17)6-11/h3-7,18H,8H2,1-2H3. The molecule has 1 N–H and O–H groups in total. The van der Waals surface area contributed by atoms with Crippen LogP contribution in [0, 0.1) is 35.6 Å². The second-order valence-corrected chi connectivity index (χ2v) is 4.81. The molecule has 4 nitrogen and oxygen atoms in total. The fourth-order valence-corrected chi connectivity index (χ4v) is 2.07. The second kappa shape index (κ2) is 5.87. The minimum absolute atomic E-state index is 0.0217. The molecule has 2 aromatic carbocycles. The zero-order valence-corrected chi connectivity index (χ0v) is 11.6. The predicted molar refractivity (Wildman–Crippen MR) is 76.3 cm³/mol. The lowest BCUT2D eigenvalue weighted by atomic mass is 10.1. The SMILES string of the molecule is Cc1cc(C)c([N+](=O)[O-])cc1NCc1ccc(F)c(F)c1. The summed E-state index contributed by atoms with van der Waals surface area (Å²) in [6.45, 7) is 3.74. The molecule has 0 heterocycles.